The summed E-state index contributed by atoms with van der Waals surface area (Å²) >= 11 is 0. The Kier molecular flexibility index (Phi) is 4.82. The van der Waals surface area contributed by atoms with Crippen LogP contribution in [0.15, 0.2) is 30.0 Å². The van der Waals surface area contributed by atoms with Crippen LogP contribution in [0.4, 0.5) is 14.5 Å². The minimum absolute atomic E-state index is 0.203. The van der Waals surface area contributed by atoms with Crippen molar-refractivity contribution in [2.75, 3.05) is 5.32 Å². The fraction of sp³-hybridized carbons (Fsp3) is 0.308. The Morgan fingerprint density at radius 3 is 2.71 bits per heavy atom. The van der Waals surface area contributed by atoms with Gasteiger partial charge in [0.15, 0.2) is 0 Å². The fourth-order valence-electron chi connectivity index (χ4n) is 1.33. The van der Waals surface area contributed by atoms with Gasteiger partial charge in [0.1, 0.15) is 11.6 Å². The number of rotatable bonds is 5. The summed E-state index contributed by atoms with van der Waals surface area (Å²) in [4.78, 5) is 0. The molecule has 0 heterocycles. The molecule has 1 aromatic rings. The van der Waals surface area contributed by atoms with Gasteiger partial charge in [0.25, 0.3) is 0 Å². The third kappa shape index (κ3) is 3.66. The average Bonchev–Trinajstić information content (AvgIpc) is 2.31. The van der Waals surface area contributed by atoms with E-state index in [0.29, 0.717) is 0 Å². The second-order valence-corrected chi connectivity index (χ2v) is 3.87. The zero-order valence-corrected chi connectivity index (χ0v) is 9.93. The number of benzene rings is 1. The molecular weight excluding hydrogens is 222 g/mol. The number of hydrogen-bond donors (Lipinski definition) is 2. The van der Waals surface area contributed by atoms with E-state index in [-0.39, 0.29) is 11.6 Å². The van der Waals surface area contributed by atoms with Crippen LogP contribution in [0.3, 0.4) is 0 Å². The van der Waals surface area contributed by atoms with Crippen molar-refractivity contribution in [3.05, 3.63) is 41.6 Å². The van der Waals surface area contributed by atoms with Crippen molar-refractivity contribution in [3.8, 4) is 0 Å². The summed E-state index contributed by atoms with van der Waals surface area (Å²) in [6.45, 7) is 4.00. The van der Waals surface area contributed by atoms with Gasteiger partial charge in [-0.15, -0.1) is 0 Å². The molecule has 1 unspecified atom stereocenters. The number of halogens is 2. The van der Waals surface area contributed by atoms with Gasteiger partial charge in [-0.05, 0) is 30.0 Å². The topological polar surface area (TPSA) is 35.9 Å². The molecule has 0 aliphatic rings. The maximum atomic E-state index is 13.3. The Morgan fingerprint density at radius 1 is 1.47 bits per heavy atom. The zero-order valence-electron chi connectivity index (χ0n) is 9.93. The standard InChI is InChI=1S/C13H16F2N2/c1-3-9(2)10(7-16)8-17-13-5-4-11(14)6-12(13)15/h4-9,16-17H,3H2,1-2H3/b10-8+,16-7?. The van der Waals surface area contributed by atoms with Crippen LogP contribution >= 0.6 is 0 Å². The maximum absolute atomic E-state index is 13.3. The molecule has 0 fully saturated rings. The fourth-order valence-corrected chi connectivity index (χ4v) is 1.33. The first-order valence-corrected chi connectivity index (χ1v) is 5.50. The van der Waals surface area contributed by atoms with Crippen molar-refractivity contribution in [1.82, 2.24) is 0 Å². The average molecular weight is 238 g/mol. The van der Waals surface area contributed by atoms with Crippen LogP contribution in [0.5, 0.6) is 0 Å². The van der Waals surface area contributed by atoms with Gasteiger partial charge in [-0.3, -0.25) is 0 Å². The predicted molar refractivity (Wildman–Crippen MR) is 66.3 cm³/mol. The van der Waals surface area contributed by atoms with Gasteiger partial charge in [0.05, 0.1) is 5.69 Å². The van der Waals surface area contributed by atoms with E-state index in [1.807, 2.05) is 13.8 Å². The van der Waals surface area contributed by atoms with Crippen LogP contribution in [0, 0.1) is 23.0 Å². The molecule has 0 aliphatic heterocycles. The van der Waals surface area contributed by atoms with Gasteiger partial charge >= 0.3 is 0 Å². The van der Waals surface area contributed by atoms with Crippen LogP contribution in [-0.4, -0.2) is 6.21 Å². The summed E-state index contributed by atoms with van der Waals surface area (Å²) in [6, 6.07) is 3.34. The highest BCUT2D eigenvalue weighted by Gasteiger charge is 2.05. The molecule has 2 nitrogen and oxygen atoms in total. The van der Waals surface area contributed by atoms with Crippen LogP contribution in [0.25, 0.3) is 0 Å². The largest absolute Gasteiger partial charge is 0.359 e. The van der Waals surface area contributed by atoms with Crippen molar-refractivity contribution in [1.29, 1.82) is 5.41 Å². The summed E-state index contributed by atoms with van der Waals surface area (Å²) in [7, 11) is 0. The molecule has 17 heavy (non-hydrogen) atoms. The van der Waals surface area contributed by atoms with Crippen molar-refractivity contribution in [2.45, 2.75) is 20.3 Å². The van der Waals surface area contributed by atoms with Crippen molar-refractivity contribution in [3.63, 3.8) is 0 Å². The zero-order chi connectivity index (χ0) is 12.8. The van der Waals surface area contributed by atoms with E-state index in [9.17, 15) is 8.78 Å². The Bertz CT molecular complexity index is 427. The third-order valence-electron chi connectivity index (χ3n) is 2.67. The molecule has 0 spiro atoms. The molecule has 0 radical (unpaired) electrons. The van der Waals surface area contributed by atoms with E-state index in [1.165, 1.54) is 18.3 Å². The summed E-state index contributed by atoms with van der Waals surface area (Å²) in [5.41, 5.74) is 0.977. The highest BCUT2D eigenvalue weighted by atomic mass is 19.1. The number of anilines is 1. The summed E-state index contributed by atoms with van der Waals surface area (Å²) in [5.74, 6) is -1.02. The van der Waals surface area contributed by atoms with Crippen LogP contribution in [0.2, 0.25) is 0 Å². The van der Waals surface area contributed by atoms with Crippen molar-refractivity contribution < 1.29 is 8.78 Å². The highest BCUT2D eigenvalue weighted by molar-refractivity contribution is 5.77. The van der Waals surface area contributed by atoms with E-state index in [2.05, 4.69) is 5.32 Å². The number of hydrogen-bond acceptors (Lipinski definition) is 2. The molecule has 0 saturated heterocycles. The molecule has 92 valence electrons. The molecule has 1 aromatic carbocycles. The normalized spacial score (nSPS) is 13.3. The smallest absolute Gasteiger partial charge is 0.149 e. The van der Waals surface area contributed by atoms with Crippen LogP contribution in [-0.2, 0) is 0 Å². The molecule has 0 bridgehead atoms. The molecule has 0 aromatic heterocycles. The molecule has 4 heteroatoms. The van der Waals surface area contributed by atoms with Gasteiger partial charge in [-0.25, -0.2) is 8.78 Å². The molecule has 0 saturated carbocycles. The first kappa shape index (κ1) is 13.4. The molecule has 0 aliphatic carbocycles. The monoisotopic (exact) mass is 238 g/mol. The van der Waals surface area contributed by atoms with E-state index >= 15 is 0 Å². The molecule has 2 N–H and O–H groups in total. The minimum atomic E-state index is -0.644. The van der Waals surface area contributed by atoms with Gasteiger partial charge < -0.3 is 10.7 Å². The van der Waals surface area contributed by atoms with Crippen LogP contribution < -0.4 is 5.32 Å². The van der Waals surface area contributed by atoms with E-state index in [4.69, 9.17) is 5.41 Å². The minimum Gasteiger partial charge on any atom is -0.359 e. The maximum Gasteiger partial charge on any atom is 0.149 e. The lowest BCUT2D eigenvalue weighted by Gasteiger charge is -2.10. The Labute approximate surface area is 99.9 Å². The van der Waals surface area contributed by atoms with Gasteiger partial charge in [0, 0.05) is 18.5 Å². The van der Waals surface area contributed by atoms with E-state index in [0.717, 1.165) is 18.1 Å². The Morgan fingerprint density at radius 2 is 2.18 bits per heavy atom. The summed E-state index contributed by atoms with van der Waals surface area (Å²) < 4.78 is 26.0. The van der Waals surface area contributed by atoms with Crippen LogP contribution in [0.1, 0.15) is 20.3 Å². The lowest BCUT2D eigenvalue weighted by atomic mass is 10.0. The molecule has 1 atom stereocenters. The molecule has 1 rings (SSSR count). The Balaban J connectivity index is 2.83. The lowest BCUT2D eigenvalue weighted by Crippen LogP contribution is -2.03. The van der Waals surface area contributed by atoms with Crippen molar-refractivity contribution in [2.24, 2.45) is 5.92 Å². The second-order valence-electron chi connectivity index (χ2n) is 3.87. The second kappa shape index (κ2) is 6.13. The van der Waals surface area contributed by atoms with Gasteiger partial charge in [-0.1, -0.05) is 13.8 Å². The van der Waals surface area contributed by atoms with Gasteiger partial charge in [0.2, 0.25) is 0 Å². The van der Waals surface area contributed by atoms with E-state index < -0.39 is 11.6 Å². The first-order chi connectivity index (χ1) is 8.08. The quantitative estimate of drug-likeness (QED) is 0.748. The predicted octanol–water partition coefficient (Wildman–Crippen LogP) is 3.96. The first-order valence-electron chi connectivity index (χ1n) is 5.50. The Hall–Kier alpha value is -1.71. The third-order valence-corrected chi connectivity index (χ3v) is 2.67. The molecular formula is C13H16F2N2. The SMILES string of the molecule is CCC(C)/C(C=N)=C/Nc1ccc(F)cc1F. The number of allylic oxidation sites excluding steroid dienone is 1. The summed E-state index contributed by atoms with van der Waals surface area (Å²) in [5, 5.41) is 10.0. The van der Waals surface area contributed by atoms with Gasteiger partial charge in [-0.2, -0.15) is 0 Å². The highest BCUT2D eigenvalue weighted by Crippen LogP contribution is 2.17. The lowest BCUT2D eigenvalue weighted by molar-refractivity contribution is 0.586. The summed E-state index contributed by atoms with van der Waals surface area (Å²) in [6.07, 6.45) is 3.72. The number of nitrogens with one attached hydrogen (secondary N) is 2. The van der Waals surface area contributed by atoms with Crippen molar-refractivity contribution >= 4 is 11.9 Å². The molecule has 0 amide bonds. The van der Waals surface area contributed by atoms with E-state index in [1.54, 1.807) is 6.20 Å².